The van der Waals surface area contributed by atoms with Gasteiger partial charge in [-0.2, -0.15) is 0 Å². The van der Waals surface area contributed by atoms with Gasteiger partial charge in [0, 0.05) is 5.02 Å². The highest BCUT2D eigenvalue weighted by molar-refractivity contribution is 6.34. The number of esters is 1. The zero-order chi connectivity index (χ0) is 22.8. The lowest BCUT2D eigenvalue weighted by atomic mass is 10.1. The fourth-order valence-electron chi connectivity index (χ4n) is 3.16. The number of benzene rings is 3. The van der Waals surface area contributed by atoms with Crippen LogP contribution in [0.1, 0.15) is 31.1 Å². The largest absolute Gasteiger partial charge is 0.452 e. The fraction of sp³-hybridized carbons (Fsp3) is 0.0435. The summed E-state index contributed by atoms with van der Waals surface area (Å²) in [6.45, 7) is -0.638. The van der Waals surface area contributed by atoms with Gasteiger partial charge in [0.25, 0.3) is 17.7 Å². The summed E-state index contributed by atoms with van der Waals surface area (Å²) < 4.78 is 18.7. The predicted molar refractivity (Wildman–Crippen MR) is 114 cm³/mol. The highest BCUT2D eigenvalue weighted by atomic mass is 35.5. The summed E-state index contributed by atoms with van der Waals surface area (Å²) >= 11 is 5.65. The van der Waals surface area contributed by atoms with E-state index in [1.54, 1.807) is 24.3 Å². The summed E-state index contributed by atoms with van der Waals surface area (Å²) in [5, 5.41) is 2.45. The first-order chi connectivity index (χ1) is 15.3. The Bertz CT molecular complexity index is 1220. The van der Waals surface area contributed by atoms with Gasteiger partial charge < -0.3 is 10.1 Å². The molecule has 3 aromatic carbocycles. The molecule has 1 aliphatic rings. The van der Waals surface area contributed by atoms with Crippen molar-refractivity contribution in [1.82, 2.24) is 0 Å². The van der Waals surface area contributed by atoms with Crippen LogP contribution in [0.2, 0.25) is 5.02 Å². The maximum Gasteiger partial charge on any atom is 0.338 e. The first kappa shape index (κ1) is 21.2. The Balaban J connectivity index is 1.38. The van der Waals surface area contributed by atoms with Crippen LogP contribution >= 0.6 is 11.6 Å². The van der Waals surface area contributed by atoms with Crippen LogP contribution < -0.4 is 10.2 Å². The molecule has 3 aromatic rings. The highest BCUT2D eigenvalue weighted by Crippen LogP contribution is 2.28. The van der Waals surface area contributed by atoms with E-state index < -0.39 is 36.1 Å². The van der Waals surface area contributed by atoms with Gasteiger partial charge in [0.15, 0.2) is 6.61 Å². The van der Waals surface area contributed by atoms with Gasteiger partial charge in [-0.1, -0.05) is 23.7 Å². The van der Waals surface area contributed by atoms with Gasteiger partial charge in [0.1, 0.15) is 5.82 Å². The molecule has 0 fully saturated rings. The number of fused-ring (bicyclic) bond motifs is 1. The number of hydrogen-bond donors (Lipinski definition) is 1. The molecule has 1 heterocycles. The molecule has 1 aliphatic heterocycles. The molecule has 0 atom stereocenters. The van der Waals surface area contributed by atoms with Crippen LogP contribution in [0.25, 0.3) is 0 Å². The molecule has 0 unspecified atom stereocenters. The van der Waals surface area contributed by atoms with Gasteiger partial charge >= 0.3 is 5.97 Å². The van der Waals surface area contributed by atoms with Crippen molar-refractivity contribution in [1.29, 1.82) is 0 Å². The first-order valence-electron chi connectivity index (χ1n) is 9.35. The van der Waals surface area contributed by atoms with Gasteiger partial charge in [-0.05, 0) is 54.6 Å². The average Bonchev–Trinajstić information content (AvgIpc) is 3.04. The summed E-state index contributed by atoms with van der Waals surface area (Å²) in [7, 11) is 0. The van der Waals surface area contributed by atoms with Crippen LogP contribution in [0.3, 0.4) is 0 Å². The normalized spacial score (nSPS) is 12.5. The summed E-state index contributed by atoms with van der Waals surface area (Å²) in [4.78, 5) is 50.2. The van der Waals surface area contributed by atoms with E-state index >= 15 is 0 Å². The lowest BCUT2D eigenvalue weighted by molar-refractivity contribution is -0.119. The molecular weight excluding hydrogens is 439 g/mol. The number of carbonyl (C=O) groups is 4. The Hall–Kier alpha value is -4.04. The minimum absolute atomic E-state index is 0.0965. The van der Waals surface area contributed by atoms with E-state index in [-0.39, 0.29) is 16.3 Å². The lowest BCUT2D eigenvalue weighted by Gasteiger charge is -2.14. The predicted octanol–water partition coefficient (Wildman–Crippen LogP) is 4.08. The van der Waals surface area contributed by atoms with Crippen LogP contribution in [0.4, 0.5) is 15.8 Å². The molecular formula is C23H14ClFN2O5. The molecule has 0 radical (unpaired) electrons. The second kappa shape index (κ2) is 8.60. The number of anilines is 2. The zero-order valence-corrected chi connectivity index (χ0v) is 17.1. The average molecular weight is 453 g/mol. The van der Waals surface area contributed by atoms with Crippen LogP contribution in [0.5, 0.6) is 0 Å². The van der Waals surface area contributed by atoms with E-state index in [2.05, 4.69) is 5.32 Å². The Morgan fingerprint density at radius 1 is 0.938 bits per heavy atom. The van der Waals surface area contributed by atoms with Crippen molar-refractivity contribution in [2.45, 2.75) is 0 Å². The van der Waals surface area contributed by atoms with E-state index in [0.29, 0.717) is 16.8 Å². The number of nitrogens with one attached hydrogen (secondary N) is 1. The molecule has 7 nitrogen and oxygen atoms in total. The molecule has 160 valence electrons. The summed E-state index contributed by atoms with van der Waals surface area (Å²) in [5.41, 5.74) is 0.925. The smallest absolute Gasteiger partial charge is 0.338 e. The number of hydrogen-bond acceptors (Lipinski definition) is 5. The summed E-state index contributed by atoms with van der Waals surface area (Å²) in [6.07, 6.45) is 0. The van der Waals surface area contributed by atoms with Gasteiger partial charge in [-0.3, -0.25) is 14.4 Å². The molecule has 32 heavy (non-hydrogen) atoms. The van der Waals surface area contributed by atoms with Crippen molar-refractivity contribution in [3.63, 3.8) is 0 Å². The van der Waals surface area contributed by atoms with Crippen molar-refractivity contribution < 1.29 is 28.3 Å². The van der Waals surface area contributed by atoms with E-state index in [4.69, 9.17) is 16.3 Å². The van der Waals surface area contributed by atoms with Crippen molar-refractivity contribution >= 4 is 46.7 Å². The number of imide groups is 1. The Labute approximate surface area is 186 Å². The van der Waals surface area contributed by atoms with Crippen LogP contribution in [0.15, 0.2) is 66.7 Å². The van der Waals surface area contributed by atoms with E-state index in [9.17, 15) is 23.6 Å². The maximum absolute atomic E-state index is 13.7. The van der Waals surface area contributed by atoms with Crippen molar-refractivity contribution in [2.24, 2.45) is 0 Å². The van der Waals surface area contributed by atoms with Crippen LogP contribution in [0, 0.1) is 5.82 Å². The van der Waals surface area contributed by atoms with E-state index in [0.717, 1.165) is 11.0 Å². The minimum atomic E-state index is -0.800. The van der Waals surface area contributed by atoms with Crippen molar-refractivity contribution in [2.75, 3.05) is 16.8 Å². The third-order valence-corrected chi connectivity index (χ3v) is 4.93. The Morgan fingerprint density at radius 3 is 2.16 bits per heavy atom. The van der Waals surface area contributed by atoms with Crippen LogP contribution in [-0.4, -0.2) is 30.3 Å². The topological polar surface area (TPSA) is 92.8 Å². The van der Waals surface area contributed by atoms with Gasteiger partial charge in [-0.25, -0.2) is 14.1 Å². The monoisotopic (exact) mass is 452 g/mol. The molecule has 4 rings (SSSR count). The number of ether oxygens (including phenoxy) is 1. The third kappa shape index (κ3) is 4.08. The number of nitrogens with zero attached hydrogens (tertiary/aromatic N) is 1. The highest BCUT2D eigenvalue weighted by Gasteiger charge is 2.36. The molecule has 0 saturated carbocycles. The number of halogens is 2. The molecule has 9 heteroatoms. The van der Waals surface area contributed by atoms with Gasteiger partial charge in [0.05, 0.1) is 28.1 Å². The van der Waals surface area contributed by atoms with Crippen LogP contribution in [-0.2, 0) is 9.53 Å². The molecule has 3 amide bonds. The first-order valence-corrected chi connectivity index (χ1v) is 9.73. The molecule has 0 saturated heterocycles. The standard InChI is InChI=1S/C23H14ClFN2O5/c24-14-7-10-19(18(25)11-14)26-20(28)12-32-23(31)13-5-8-15(9-6-13)27-21(29)16-3-1-2-4-17(16)22(27)30/h1-11H,12H2,(H,26,28). The summed E-state index contributed by atoms with van der Waals surface area (Å²) in [5.74, 6) is -3.16. The Kier molecular flexibility index (Phi) is 5.70. The van der Waals surface area contributed by atoms with Gasteiger partial charge in [-0.15, -0.1) is 0 Å². The SMILES string of the molecule is O=C(COC(=O)c1ccc(N2C(=O)c3ccccc3C2=O)cc1)Nc1ccc(Cl)cc1F. The molecule has 0 bridgehead atoms. The molecule has 0 aromatic heterocycles. The Morgan fingerprint density at radius 2 is 1.56 bits per heavy atom. The number of amides is 3. The van der Waals surface area contributed by atoms with E-state index in [1.807, 2.05) is 0 Å². The number of carbonyl (C=O) groups excluding carboxylic acids is 4. The quantitative estimate of drug-likeness (QED) is 0.465. The number of rotatable bonds is 5. The minimum Gasteiger partial charge on any atom is -0.452 e. The maximum atomic E-state index is 13.7. The van der Waals surface area contributed by atoms with Crippen molar-refractivity contribution in [3.8, 4) is 0 Å². The fourth-order valence-corrected chi connectivity index (χ4v) is 3.32. The second-order valence-electron chi connectivity index (χ2n) is 6.79. The molecule has 1 N–H and O–H groups in total. The second-order valence-corrected chi connectivity index (χ2v) is 7.22. The van der Waals surface area contributed by atoms with Gasteiger partial charge in [0.2, 0.25) is 0 Å². The third-order valence-electron chi connectivity index (χ3n) is 4.69. The lowest BCUT2D eigenvalue weighted by Crippen LogP contribution is -2.29. The molecule has 0 spiro atoms. The molecule has 0 aliphatic carbocycles. The van der Waals surface area contributed by atoms with Crippen molar-refractivity contribution in [3.05, 3.63) is 94.3 Å². The van der Waals surface area contributed by atoms with E-state index in [1.165, 1.54) is 36.4 Å². The summed E-state index contributed by atoms with van der Waals surface area (Å²) in [6, 6.07) is 15.8. The zero-order valence-electron chi connectivity index (χ0n) is 16.3.